The first kappa shape index (κ1) is 17.2. The Morgan fingerprint density at radius 3 is 2.39 bits per heavy atom. The third-order valence-corrected chi connectivity index (χ3v) is 4.02. The number of hydrogen-bond acceptors (Lipinski definition) is 2. The van der Waals surface area contributed by atoms with Crippen molar-refractivity contribution in [1.29, 1.82) is 0 Å². The van der Waals surface area contributed by atoms with Crippen molar-refractivity contribution in [3.8, 4) is 0 Å². The van der Waals surface area contributed by atoms with Gasteiger partial charge in [-0.25, -0.2) is 0 Å². The first-order valence-electron chi connectivity index (χ1n) is 7.56. The molecule has 2 aromatic rings. The molecule has 0 saturated heterocycles. The third-order valence-electron chi connectivity index (χ3n) is 3.32. The summed E-state index contributed by atoms with van der Waals surface area (Å²) >= 11 is 3.39. The number of benzene rings is 2. The molecular weight excluding hydrogens is 356 g/mol. The molecule has 0 aliphatic heterocycles. The Hall–Kier alpha value is -2.14. The van der Waals surface area contributed by atoms with Gasteiger partial charge in [-0.3, -0.25) is 9.59 Å². The van der Waals surface area contributed by atoms with Gasteiger partial charge in [-0.15, -0.1) is 0 Å². The van der Waals surface area contributed by atoms with Crippen LogP contribution in [0.4, 0.5) is 5.69 Å². The van der Waals surface area contributed by atoms with Crippen LogP contribution in [0.3, 0.4) is 0 Å². The van der Waals surface area contributed by atoms with Crippen molar-refractivity contribution < 1.29 is 9.59 Å². The van der Waals surface area contributed by atoms with E-state index in [1.54, 1.807) is 24.3 Å². The van der Waals surface area contributed by atoms with E-state index in [4.69, 9.17) is 0 Å². The van der Waals surface area contributed by atoms with Crippen molar-refractivity contribution in [1.82, 2.24) is 5.32 Å². The molecule has 0 aromatic heterocycles. The predicted octanol–water partition coefficient (Wildman–Crippen LogP) is 4.23. The first-order chi connectivity index (χ1) is 11.1. The lowest BCUT2D eigenvalue weighted by atomic mass is 10.1. The van der Waals surface area contributed by atoms with E-state index < -0.39 is 0 Å². The highest BCUT2D eigenvalue weighted by molar-refractivity contribution is 9.10. The van der Waals surface area contributed by atoms with Gasteiger partial charge in [-0.1, -0.05) is 31.5 Å². The number of para-hydroxylation sites is 1. The molecule has 0 aliphatic carbocycles. The summed E-state index contributed by atoms with van der Waals surface area (Å²) < 4.78 is 0.807. The topological polar surface area (TPSA) is 58.2 Å². The lowest BCUT2D eigenvalue weighted by Gasteiger charge is -2.09. The molecule has 0 atom stereocenters. The molecule has 4 nitrogen and oxygen atoms in total. The molecule has 0 radical (unpaired) electrons. The summed E-state index contributed by atoms with van der Waals surface area (Å²) in [7, 11) is 0. The molecule has 2 rings (SSSR count). The Morgan fingerprint density at radius 1 is 1.00 bits per heavy atom. The van der Waals surface area contributed by atoms with Crippen LogP contribution in [0.2, 0.25) is 0 Å². The summed E-state index contributed by atoms with van der Waals surface area (Å²) in [5, 5.41) is 5.67. The van der Waals surface area contributed by atoms with Gasteiger partial charge in [0, 0.05) is 22.1 Å². The van der Waals surface area contributed by atoms with Gasteiger partial charge in [0.2, 0.25) is 0 Å². The molecule has 0 bridgehead atoms. The molecule has 120 valence electrons. The van der Waals surface area contributed by atoms with Crippen molar-refractivity contribution in [3.05, 3.63) is 64.1 Å². The fourth-order valence-corrected chi connectivity index (χ4v) is 2.42. The summed E-state index contributed by atoms with van der Waals surface area (Å²) in [5.74, 6) is -0.408. The number of carbonyl (C=O) groups is 2. The van der Waals surface area contributed by atoms with E-state index in [0.717, 1.165) is 17.3 Å². The van der Waals surface area contributed by atoms with Crippen LogP contribution < -0.4 is 10.6 Å². The normalized spacial score (nSPS) is 10.2. The highest BCUT2D eigenvalue weighted by atomic mass is 79.9. The van der Waals surface area contributed by atoms with Gasteiger partial charge >= 0.3 is 0 Å². The van der Waals surface area contributed by atoms with Crippen LogP contribution in [0.5, 0.6) is 0 Å². The van der Waals surface area contributed by atoms with Gasteiger partial charge in [0.1, 0.15) is 0 Å². The number of unbranched alkanes of at least 4 members (excludes halogenated alkanes) is 1. The molecule has 0 unspecified atom stereocenters. The molecule has 23 heavy (non-hydrogen) atoms. The number of nitrogens with one attached hydrogen (secondary N) is 2. The van der Waals surface area contributed by atoms with Crippen molar-refractivity contribution in [3.63, 3.8) is 0 Å². The summed E-state index contributed by atoms with van der Waals surface area (Å²) in [6, 6.07) is 14.1. The monoisotopic (exact) mass is 374 g/mol. The smallest absolute Gasteiger partial charge is 0.255 e. The number of amides is 2. The highest BCUT2D eigenvalue weighted by Crippen LogP contribution is 2.22. The molecule has 0 saturated carbocycles. The molecule has 0 heterocycles. The Kier molecular flexibility index (Phi) is 6.35. The Morgan fingerprint density at radius 2 is 1.70 bits per heavy atom. The Bertz CT molecular complexity index is 701. The van der Waals surface area contributed by atoms with Crippen molar-refractivity contribution in [2.75, 3.05) is 11.9 Å². The van der Waals surface area contributed by atoms with Gasteiger partial charge in [-0.2, -0.15) is 0 Å². The minimum Gasteiger partial charge on any atom is -0.352 e. The fraction of sp³-hybridized carbons (Fsp3) is 0.222. The fourth-order valence-electron chi connectivity index (χ4n) is 2.04. The summed E-state index contributed by atoms with van der Waals surface area (Å²) in [6.45, 7) is 2.71. The standard InChI is InChI=1S/C18H19BrN2O2/c1-2-3-11-20-17(22)13-7-6-8-14(12-13)18(23)21-16-10-5-4-9-15(16)19/h4-10,12H,2-3,11H2,1H3,(H,20,22)(H,21,23). The third kappa shape index (κ3) is 4.93. The van der Waals surface area contributed by atoms with Crippen LogP contribution in [-0.4, -0.2) is 18.4 Å². The highest BCUT2D eigenvalue weighted by Gasteiger charge is 2.11. The number of halogens is 1. The zero-order valence-corrected chi connectivity index (χ0v) is 14.5. The van der Waals surface area contributed by atoms with E-state index >= 15 is 0 Å². The average Bonchev–Trinajstić information content (AvgIpc) is 2.57. The van der Waals surface area contributed by atoms with E-state index in [0.29, 0.717) is 23.4 Å². The zero-order valence-electron chi connectivity index (χ0n) is 12.9. The SMILES string of the molecule is CCCCNC(=O)c1cccc(C(=O)Nc2ccccc2Br)c1. The second kappa shape index (κ2) is 8.48. The van der Waals surface area contributed by atoms with Crippen molar-refractivity contribution in [2.45, 2.75) is 19.8 Å². The lowest BCUT2D eigenvalue weighted by Crippen LogP contribution is -2.24. The number of anilines is 1. The number of hydrogen-bond donors (Lipinski definition) is 2. The van der Waals surface area contributed by atoms with Gasteiger partial charge in [-0.05, 0) is 52.7 Å². The van der Waals surface area contributed by atoms with E-state index in [1.165, 1.54) is 0 Å². The van der Waals surface area contributed by atoms with E-state index in [2.05, 4.69) is 33.5 Å². The van der Waals surface area contributed by atoms with Gasteiger partial charge in [0.25, 0.3) is 11.8 Å². The lowest BCUT2D eigenvalue weighted by molar-refractivity contribution is 0.0953. The predicted molar refractivity (Wildman–Crippen MR) is 95.8 cm³/mol. The summed E-state index contributed by atoms with van der Waals surface area (Å²) in [4.78, 5) is 24.4. The second-order valence-electron chi connectivity index (χ2n) is 5.12. The largest absolute Gasteiger partial charge is 0.352 e. The van der Waals surface area contributed by atoms with Crippen LogP contribution in [0.15, 0.2) is 53.0 Å². The minimum absolute atomic E-state index is 0.158. The molecule has 5 heteroatoms. The molecular formula is C18H19BrN2O2. The quantitative estimate of drug-likeness (QED) is 0.743. The second-order valence-corrected chi connectivity index (χ2v) is 5.98. The maximum Gasteiger partial charge on any atom is 0.255 e. The molecule has 2 amide bonds. The Labute approximate surface area is 144 Å². The number of carbonyl (C=O) groups excluding carboxylic acids is 2. The molecule has 0 fully saturated rings. The van der Waals surface area contributed by atoms with Crippen LogP contribution >= 0.6 is 15.9 Å². The van der Waals surface area contributed by atoms with Crippen molar-refractivity contribution >= 4 is 33.4 Å². The average molecular weight is 375 g/mol. The van der Waals surface area contributed by atoms with Crippen LogP contribution in [-0.2, 0) is 0 Å². The summed E-state index contributed by atoms with van der Waals surface area (Å²) in [5.41, 5.74) is 1.63. The maximum atomic E-state index is 12.3. The molecule has 2 aromatic carbocycles. The number of rotatable bonds is 6. The van der Waals surface area contributed by atoms with Crippen LogP contribution in [0, 0.1) is 0 Å². The van der Waals surface area contributed by atoms with Crippen molar-refractivity contribution in [2.24, 2.45) is 0 Å². The van der Waals surface area contributed by atoms with Gasteiger partial charge in [0.05, 0.1) is 5.69 Å². The molecule has 0 aliphatic rings. The van der Waals surface area contributed by atoms with Crippen LogP contribution in [0.1, 0.15) is 40.5 Å². The van der Waals surface area contributed by atoms with E-state index in [9.17, 15) is 9.59 Å². The van der Waals surface area contributed by atoms with E-state index in [-0.39, 0.29) is 11.8 Å². The zero-order chi connectivity index (χ0) is 16.7. The van der Waals surface area contributed by atoms with E-state index in [1.807, 2.05) is 24.3 Å². The van der Waals surface area contributed by atoms with Gasteiger partial charge < -0.3 is 10.6 Å². The first-order valence-corrected chi connectivity index (χ1v) is 8.35. The van der Waals surface area contributed by atoms with Crippen LogP contribution in [0.25, 0.3) is 0 Å². The molecule has 0 spiro atoms. The Balaban J connectivity index is 2.08. The maximum absolute atomic E-state index is 12.3. The van der Waals surface area contributed by atoms with Gasteiger partial charge in [0.15, 0.2) is 0 Å². The summed E-state index contributed by atoms with van der Waals surface area (Å²) in [6.07, 6.45) is 1.96. The minimum atomic E-state index is -0.250. The molecule has 2 N–H and O–H groups in total.